The van der Waals surface area contributed by atoms with Gasteiger partial charge in [0.2, 0.25) is 5.91 Å². The summed E-state index contributed by atoms with van der Waals surface area (Å²) >= 11 is 0. The van der Waals surface area contributed by atoms with Crippen LogP contribution < -0.4 is 0 Å². The lowest BCUT2D eigenvalue weighted by Crippen LogP contribution is -2.59. The van der Waals surface area contributed by atoms with Crippen molar-refractivity contribution < 1.29 is 34.4 Å². The lowest BCUT2D eigenvalue weighted by atomic mass is 9.70. The first-order valence-corrected chi connectivity index (χ1v) is 13.4. The minimum absolute atomic E-state index is 0.0143. The zero-order chi connectivity index (χ0) is 26.7. The van der Waals surface area contributed by atoms with E-state index in [1.807, 2.05) is 0 Å². The highest BCUT2D eigenvalue weighted by Crippen LogP contribution is 2.66. The van der Waals surface area contributed by atoms with E-state index in [0.717, 1.165) is 19.3 Å². The second-order valence-electron chi connectivity index (χ2n) is 12.2. The number of aromatic hydroxyl groups is 2. The number of carbonyl (C=O) groups is 3. The zero-order valence-corrected chi connectivity index (χ0v) is 21.9. The summed E-state index contributed by atoms with van der Waals surface area (Å²) in [7, 11) is 0. The van der Waals surface area contributed by atoms with Gasteiger partial charge in [-0.25, -0.2) is 4.79 Å². The van der Waals surface area contributed by atoms with E-state index in [4.69, 9.17) is 4.74 Å². The number of likely N-dealkylation sites (tertiary alicyclic amines) is 2. The summed E-state index contributed by atoms with van der Waals surface area (Å²) in [6.07, 6.45) is 3.02. The van der Waals surface area contributed by atoms with Gasteiger partial charge in [0.15, 0.2) is 11.5 Å². The van der Waals surface area contributed by atoms with Crippen LogP contribution in [0.1, 0.15) is 58.4 Å². The van der Waals surface area contributed by atoms with Crippen molar-refractivity contribution in [3.8, 4) is 11.5 Å². The van der Waals surface area contributed by atoms with Gasteiger partial charge in [0.1, 0.15) is 18.2 Å². The van der Waals surface area contributed by atoms with E-state index in [1.54, 1.807) is 4.90 Å². The zero-order valence-electron chi connectivity index (χ0n) is 21.9. The predicted octanol–water partition coefficient (Wildman–Crippen LogP) is 2.21. The van der Waals surface area contributed by atoms with Crippen LogP contribution in [-0.2, 0) is 25.5 Å². The maximum absolute atomic E-state index is 13.2. The number of aliphatic hydroxyl groups excluding tert-OH is 1. The molecular formula is C28H38N2O7. The molecule has 0 radical (unpaired) electrons. The third kappa shape index (κ3) is 4.25. The number of nitrogens with zero attached hydrogens (tertiary/aromatic N) is 2. The van der Waals surface area contributed by atoms with E-state index >= 15 is 0 Å². The molecule has 2 amide bonds. The van der Waals surface area contributed by atoms with Crippen molar-refractivity contribution in [2.45, 2.75) is 77.5 Å². The predicted molar refractivity (Wildman–Crippen MR) is 133 cm³/mol. The molecule has 2 aliphatic heterocycles. The molecule has 37 heavy (non-hydrogen) atoms. The Labute approximate surface area is 217 Å². The average Bonchev–Trinajstić information content (AvgIpc) is 3.44. The summed E-state index contributed by atoms with van der Waals surface area (Å²) in [5.74, 6) is -1.36. The van der Waals surface area contributed by atoms with Crippen molar-refractivity contribution in [3.05, 3.63) is 23.8 Å². The van der Waals surface area contributed by atoms with E-state index in [2.05, 4.69) is 20.8 Å². The van der Waals surface area contributed by atoms with Gasteiger partial charge in [0.25, 0.3) is 5.91 Å². The molecule has 5 rings (SSSR count). The highest BCUT2D eigenvalue weighted by molar-refractivity contribution is 5.89. The molecule has 1 aromatic rings. The molecule has 3 N–H and O–H groups in total. The molecule has 2 heterocycles. The highest BCUT2D eigenvalue weighted by Gasteiger charge is 2.63. The van der Waals surface area contributed by atoms with Gasteiger partial charge in [-0.3, -0.25) is 9.59 Å². The smallest absolute Gasteiger partial charge is 0.329 e. The van der Waals surface area contributed by atoms with E-state index in [0.29, 0.717) is 24.4 Å². The minimum Gasteiger partial charge on any atom is -0.504 e. The van der Waals surface area contributed by atoms with Crippen LogP contribution in [0.5, 0.6) is 11.5 Å². The van der Waals surface area contributed by atoms with E-state index < -0.39 is 24.0 Å². The van der Waals surface area contributed by atoms with Crippen molar-refractivity contribution in [2.75, 3.05) is 19.6 Å². The number of hydrogen-bond acceptors (Lipinski definition) is 7. The monoisotopic (exact) mass is 514 g/mol. The summed E-state index contributed by atoms with van der Waals surface area (Å²) in [5.41, 5.74) is 0.614. The Hall–Kier alpha value is -2.81. The second kappa shape index (κ2) is 9.19. The van der Waals surface area contributed by atoms with Crippen LogP contribution in [0.15, 0.2) is 18.2 Å². The summed E-state index contributed by atoms with van der Waals surface area (Å²) in [4.78, 5) is 42.2. The van der Waals surface area contributed by atoms with E-state index in [9.17, 15) is 29.7 Å². The van der Waals surface area contributed by atoms with Crippen LogP contribution in [0.4, 0.5) is 0 Å². The van der Waals surface area contributed by atoms with Gasteiger partial charge < -0.3 is 29.9 Å². The fourth-order valence-electron chi connectivity index (χ4n) is 7.07. The molecule has 0 aromatic heterocycles. The topological polar surface area (TPSA) is 128 Å². The van der Waals surface area contributed by atoms with Gasteiger partial charge in [0, 0.05) is 31.5 Å². The molecule has 0 spiro atoms. The largest absolute Gasteiger partial charge is 0.504 e. The van der Waals surface area contributed by atoms with Gasteiger partial charge in [-0.2, -0.15) is 0 Å². The summed E-state index contributed by atoms with van der Waals surface area (Å²) < 4.78 is 6.08. The van der Waals surface area contributed by atoms with Crippen molar-refractivity contribution >= 4 is 17.8 Å². The van der Waals surface area contributed by atoms with Gasteiger partial charge in [-0.15, -0.1) is 0 Å². The third-order valence-electron chi connectivity index (χ3n) is 10.1. The van der Waals surface area contributed by atoms with Crippen molar-refractivity contribution in [1.29, 1.82) is 0 Å². The quantitative estimate of drug-likeness (QED) is 0.392. The molecule has 5 unspecified atom stereocenters. The van der Waals surface area contributed by atoms with Crippen molar-refractivity contribution in [3.63, 3.8) is 0 Å². The maximum atomic E-state index is 13.2. The molecule has 1 aromatic carbocycles. The fraction of sp³-hybridized carbons (Fsp3) is 0.679. The van der Waals surface area contributed by atoms with Gasteiger partial charge in [-0.05, 0) is 61.1 Å². The number of benzene rings is 1. The molecule has 9 nitrogen and oxygen atoms in total. The number of phenolic OH excluding ortho intramolecular Hbond substituents is 2. The SMILES string of the molecule is CC1(C)C2CCC1(C)C(OC(=O)C1CCCN1C(=O)C1CN(C(=O)C(O)Cc3ccc(O)c(O)c3)C1)C2. The molecule has 9 heteroatoms. The van der Waals surface area contributed by atoms with Gasteiger partial charge in [-0.1, -0.05) is 26.8 Å². The van der Waals surface area contributed by atoms with Crippen LogP contribution in [0.2, 0.25) is 0 Å². The Kier molecular flexibility index (Phi) is 6.41. The molecule has 2 saturated heterocycles. The molecule has 4 aliphatic rings. The number of fused-ring (bicyclic) bond motifs is 2. The number of carbonyl (C=O) groups excluding carboxylic acids is 3. The Morgan fingerprint density at radius 3 is 2.46 bits per heavy atom. The van der Waals surface area contributed by atoms with Crippen LogP contribution in [0.3, 0.4) is 0 Å². The number of esters is 1. The molecule has 4 fully saturated rings. The Morgan fingerprint density at radius 2 is 1.84 bits per heavy atom. The van der Waals surface area contributed by atoms with Gasteiger partial charge in [0.05, 0.1) is 5.92 Å². The first-order valence-electron chi connectivity index (χ1n) is 13.4. The van der Waals surface area contributed by atoms with Gasteiger partial charge >= 0.3 is 5.97 Å². The first kappa shape index (κ1) is 25.8. The maximum Gasteiger partial charge on any atom is 0.329 e. The number of hydrogen-bond donors (Lipinski definition) is 3. The van der Waals surface area contributed by atoms with Crippen LogP contribution in [-0.4, -0.2) is 80.8 Å². The average molecular weight is 515 g/mol. The normalized spacial score (nSPS) is 31.3. The standard InChI is InChI=1S/C28H38N2O7/c1-27(2)18-8-9-28(27,3)23(13-18)37-26(36)19-5-4-10-30(19)24(34)17-14-29(15-17)25(35)22(33)12-16-6-7-20(31)21(32)11-16/h6-7,11,17-19,22-23,31-33H,4-5,8-10,12-15H2,1-3H3. The molecule has 202 valence electrons. The third-order valence-corrected chi connectivity index (χ3v) is 10.1. The lowest BCUT2D eigenvalue weighted by molar-refractivity contribution is -0.167. The van der Waals surface area contributed by atoms with Crippen molar-refractivity contribution in [1.82, 2.24) is 9.80 Å². The summed E-state index contributed by atoms with van der Waals surface area (Å²) in [6.45, 7) is 7.69. The second-order valence-corrected chi connectivity index (χ2v) is 12.2. The Balaban J connectivity index is 1.14. The Morgan fingerprint density at radius 1 is 1.11 bits per heavy atom. The Bertz CT molecular complexity index is 1100. The van der Waals surface area contributed by atoms with E-state index in [1.165, 1.54) is 29.5 Å². The lowest BCUT2D eigenvalue weighted by Gasteiger charge is -2.42. The van der Waals surface area contributed by atoms with Crippen LogP contribution in [0.25, 0.3) is 0 Å². The molecular weight excluding hydrogens is 476 g/mol. The first-order chi connectivity index (χ1) is 17.4. The molecule has 2 saturated carbocycles. The number of rotatable bonds is 6. The number of amides is 2. The molecule has 5 atom stereocenters. The summed E-state index contributed by atoms with van der Waals surface area (Å²) in [6, 6.07) is 3.56. The highest BCUT2D eigenvalue weighted by atomic mass is 16.5. The van der Waals surface area contributed by atoms with E-state index in [-0.39, 0.29) is 59.8 Å². The van der Waals surface area contributed by atoms with Crippen LogP contribution in [0, 0.1) is 22.7 Å². The summed E-state index contributed by atoms with van der Waals surface area (Å²) in [5, 5.41) is 29.4. The van der Waals surface area contributed by atoms with Crippen molar-refractivity contribution in [2.24, 2.45) is 22.7 Å². The fourth-order valence-corrected chi connectivity index (χ4v) is 7.07. The molecule has 2 bridgehead atoms. The number of ether oxygens (including phenoxy) is 1. The number of phenols is 2. The van der Waals surface area contributed by atoms with Crippen LogP contribution >= 0.6 is 0 Å². The number of aliphatic hydroxyl groups is 1. The molecule has 2 aliphatic carbocycles. The minimum atomic E-state index is -1.32.